The van der Waals surface area contributed by atoms with Crippen LogP contribution in [0, 0.1) is 23.7 Å². The molecule has 0 fully saturated rings. The van der Waals surface area contributed by atoms with Crippen LogP contribution in [0.2, 0.25) is 0 Å². The van der Waals surface area contributed by atoms with Crippen molar-refractivity contribution in [1.82, 2.24) is 0 Å². The summed E-state index contributed by atoms with van der Waals surface area (Å²) in [5, 5.41) is 0. The van der Waals surface area contributed by atoms with Crippen molar-refractivity contribution in [2.24, 2.45) is 0 Å². The Morgan fingerprint density at radius 1 is 0.704 bits per heavy atom. The van der Waals surface area contributed by atoms with Crippen LogP contribution in [-0.4, -0.2) is 28.4 Å². The maximum absolute atomic E-state index is 5.85. The Morgan fingerprint density at radius 3 is 1.74 bits per heavy atom. The number of rotatable bonds is 4. The molecule has 0 heterocycles. The summed E-state index contributed by atoms with van der Waals surface area (Å²) in [6, 6.07) is 8.97. The first-order chi connectivity index (χ1) is 13.1. The summed E-state index contributed by atoms with van der Waals surface area (Å²) < 4.78 is 21.0. The Labute approximate surface area is 159 Å². The molecular formula is C22H21NO4. The Kier molecular flexibility index (Phi) is 7.05. The summed E-state index contributed by atoms with van der Waals surface area (Å²) in [5.74, 6) is 14.1. The zero-order chi connectivity index (χ0) is 19.6. The number of anilines is 1. The fourth-order valence-electron chi connectivity index (χ4n) is 2.30. The Morgan fingerprint density at radius 2 is 1.26 bits per heavy atom. The van der Waals surface area contributed by atoms with Crippen LogP contribution in [0.4, 0.5) is 5.69 Å². The predicted molar refractivity (Wildman–Crippen MR) is 106 cm³/mol. The summed E-state index contributed by atoms with van der Waals surface area (Å²) in [6.07, 6.45) is 3.34. The van der Waals surface area contributed by atoms with Crippen molar-refractivity contribution in [1.29, 1.82) is 0 Å². The van der Waals surface area contributed by atoms with E-state index in [0.717, 1.165) is 11.1 Å². The minimum absolute atomic E-state index is 0.533. The fraction of sp³-hybridized carbons (Fsp3) is 0.182. The van der Waals surface area contributed by atoms with Crippen molar-refractivity contribution in [2.75, 3.05) is 34.2 Å². The van der Waals surface area contributed by atoms with E-state index in [1.54, 1.807) is 64.9 Å². The van der Waals surface area contributed by atoms with Crippen LogP contribution in [0.5, 0.6) is 23.0 Å². The van der Waals surface area contributed by atoms with E-state index in [9.17, 15) is 0 Å². The third kappa shape index (κ3) is 5.14. The summed E-state index contributed by atoms with van der Waals surface area (Å²) in [5.41, 5.74) is 7.95. The Hall–Kier alpha value is -3.70. The van der Waals surface area contributed by atoms with Gasteiger partial charge in [-0.3, -0.25) is 0 Å². The molecule has 2 aromatic rings. The maximum atomic E-state index is 5.85. The standard InChI is InChI=1S/C22H21NO4/c1-24-19-12-11-16(13-18(19)23)9-7-5-6-8-10-17-14-20(25-2)22(27-4)21(15-17)26-3/h5-6,11-15H,23H2,1-4H3/b6-5-. The topological polar surface area (TPSA) is 62.9 Å². The zero-order valence-corrected chi connectivity index (χ0v) is 15.8. The molecule has 5 nitrogen and oxygen atoms in total. The van der Waals surface area contributed by atoms with Gasteiger partial charge in [-0.25, -0.2) is 0 Å². The molecule has 0 radical (unpaired) electrons. The summed E-state index contributed by atoms with van der Waals surface area (Å²) in [6.45, 7) is 0. The summed E-state index contributed by atoms with van der Waals surface area (Å²) in [7, 11) is 6.27. The highest BCUT2D eigenvalue weighted by atomic mass is 16.5. The van der Waals surface area contributed by atoms with Crippen LogP contribution in [-0.2, 0) is 0 Å². The van der Waals surface area contributed by atoms with Crippen LogP contribution in [0.1, 0.15) is 11.1 Å². The van der Waals surface area contributed by atoms with Gasteiger partial charge in [0.1, 0.15) is 5.75 Å². The molecule has 2 rings (SSSR count). The highest BCUT2D eigenvalue weighted by Crippen LogP contribution is 2.37. The van der Waals surface area contributed by atoms with Gasteiger partial charge in [-0.05, 0) is 42.5 Å². The second kappa shape index (κ2) is 9.70. The maximum Gasteiger partial charge on any atom is 0.203 e. The van der Waals surface area contributed by atoms with Crippen LogP contribution >= 0.6 is 0 Å². The van der Waals surface area contributed by atoms with E-state index in [4.69, 9.17) is 24.7 Å². The summed E-state index contributed by atoms with van der Waals surface area (Å²) in [4.78, 5) is 0. The molecule has 0 aliphatic heterocycles. The molecule has 0 aliphatic carbocycles. The Bertz CT molecular complexity index is 931. The van der Waals surface area contributed by atoms with Gasteiger partial charge in [0.25, 0.3) is 0 Å². The number of methoxy groups -OCH3 is 4. The van der Waals surface area contributed by atoms with Gasteiger partial charge in [0, 0.05) is 11.1 Å². The van der Waals surface area contributed by atoms with Gasteiger partial charge in [0.05, 0.1) is 34.1 Å². The van der Waals surface area contributed by atoms with Crippen molar-refractivity contribution >= 4 is 5.69 Å². The SMILES string of the molecule is COc1ccc(C#C/C=C\C#Cc2cc(OC)c(OC)c(OC)c2)cc1N. The van der Waals surface area contributed by atoms with E-state index in [-0.39, 0.29) is 0 Å². The molecule has 0 atom stereocenters. The molecule has 138 valence electrons. The number of hydrogen-bond donors (Lipinski definition) is 1. The number of allylic oxidation sites excluding steroid dienone is 2. The normalized spacial score (nSPS) is 9.63. The lowest BCUT2D eigenvalue weighted by Crippen LogP contribution is -1.95. The number of nitrogens with two attached hydrogens (primary N) is 1. The molecule has 2 aromatic carbocycles. The van der Waals surface area contributed by atoms with Crippen molar-refractivity contribution in [3.8, 4) is 46.7 Å². The third-order valence-corrected chi connectivity index (χ3v) is 3.58. The first kappa shape index (κ1) is 19.6. The summed E-state index contributed by atoms with van der Waals surface area (Å²) >= 11 is 0. The van der Waals surface area contributed by atoms with Gasteiger partial charge in [0.15, 0.2) is 11.5 Å². The highest BCUT2D eigenvalue weighted by Gasteiger charge is 2.11. The van der Waals surface area contributed by atoms with E-state index in [0.29, 0.717) is 28.7 Å². The quantitative estimate of drug-likeness (QED) is 0.667. The van der Waals surface area contributed by atoms with Crippen LogP contribution in [0.3, 0.4) is 0 Å². The molecule has 0 saturated carbocycles. The molecule has 0 spiro atoms. The van der Waals surface area contributed by atoms with E-state index >= 15 is 0 Å². The second-order valence-electron chi connectivity index (χ2n) is 5.24. The Balaban J connectivity index is 2.12. The van der Waals surface area contributed by atoms with Crippen molar-refractivity contribution < 1.29 is 18.9 Å². The second-order valence-corrected chi connectivity index (χ2v) is 5.24. The predicted octanol–water partition coefficient (Wildman–Crippen LogP) is 3.26. The van der Waals surface area contributed by atoms with Gasteiger partial charge >= 0.3 is 0 Å². The first-order valence-electron chi connectivity index (χ1n) is 8.04. The fourth-order valence-corrected chi connectivity index (χ4v) is 2.30. The number of ether oxygens (including phenoxy) is 4. The first-order valence-corrected chi connectivity index (χ1v) is 8.04. The number of benzene rings is 2. The van der Waals surface area contributed by atoms with E-state index in [1.807, 2.05) is 6.07 Å². The van der Waals surface area contributed by atoms with Crippen LogP contribution in [0.15, 0.2) is 42.5 Å². The third-order valence-electron chi connectivity index (χ3n) is 3.58. The van der Waals surface area contributed by atoms with E-state index in [2.05, 4.69) is 23.7 Å². The average molecular weight is 363 g/mol. The molecular weight excluding hydrogens is 342 g/mol. The van der Waals surface area contributed by atoms with Crippen LogP contribution in [0.25, 0.3) is 0 Å². The van der Waals surface area contributed by atoms with Gasteiger partial charge in [-0.15, -0.1) is 0 Å². The molecule has 0 bridgehead atoms. The molecule has 5 heteroatoms. The van der Waals surface area contributed by atoms with Crippen molar-refractivity contribution in [3.05, 3.63) is 53.6 Å². The lowest BCUT2D eigenvalue weighted by molar-refractivity contribution is 0.324. The molecule has 2 N–H and O–H groups in total. The lowest BCUT2D eigenvalue weighted by atomic mass is 10.2. The minimum atomic E-state index is 0.533. The smallest absolute Gasteiger partial charge is 0.203 e. The minimum Gasteiger partial charge on any atom is -0.495 e. The molecule has 0 unspecified atom stereocenters. The van der Waals surface area contributed by atoms with E-state index in [1.165, 1.54) is 0 Å². The van der Waals surface area contributed by atoms with Crippen LogP contribution < -0.4 is 24.7 Å². The van der Waals surface area contributed by atoms with Crippen molar-refractivity contribution in [3.63, 3.8) is 0 Å². The monoisotopic (exact) mass is 363 g/mol. The van der Waals surface area contributed by atoms with Gasteiger partial charge < -0.3 is 24.7 Å². The molecule has 27 heavy (non-hydrogen) atoms. The zero-order valence-electron chi connectivity index (χ0n) is 15.8. The largest absolute Gasteiger partial charge is 0.495 e. The van der Waals surface area contributed by atoms with Gasteiger partial charge in [0.2, 0.25) is 5.75 Å². The molecule has 0 aromatic heterocycles. The lowest BCUT2D eigenvalue weighted by Gasteiger charge is -2.12. The number of nitrogen functional groups attached to an aromatic ring is 1. The van der Waals surface area contributed by atoms with Gasteiger partial charge in [-0.1, -0.05) is 23.7 Å². The van der Waals surface area contributed by atoms with E-state index < -0.39 is 0 Å². The molecule has 0 amide bonds. The molecule has 0 aliphatic rings. The highest BCUT2D eigenvalue weighted by molar-refractivity contribution is 5.58. The van der Waals surface area contributed by atoms with Crippen molar-refractivity contribution in [2.45, 2.75) is 0 Å². The average Bonchev–Trinajstić information content (AvgIpc) is 2.69. The number of hydrogen-bond acceptors (Lipinski definition) is 5. The molecule has 0 saturated heterocycles. The van der Waals surface area contributed by atoms with Gasteiger partial charge in [-0.2, -0.15) is 0 Å².